The zero-order valence-electron chi connectivity index (χ0n) is 12.3. The number of nitriles is 1. The fraction of sp³-hybridized carbons (Fsp3) is 0. The Morgan fingerprint density at radius 2 is 1.75 bits per heavy atom. The van der Waals surface area contributed by atoms with Gasteiger partial charge in [-0.25, -0.2) is 0 Å². The summed E-state index contributed by atoms with van der Waals surface area (Å²) < 4.78 is 6.93. The van der Waals surface area contributed by atoms with Gasteiger partial charge in [-0.15, -0.1) is 0 Å². The first-order valence-electron chi connectivity index (χ1n) is 7.00. The van der Waals surface area contributed by atoms with Crippen molar-refractivity contribution in [2.75, 3.05) is 0 Å². The van der Waals surface area contributed by atoms with Crippen molar-refractivity contribution in [3.05, 3.63) is 79.5 Å². The van der Waals surface area contributed by atoms with Crippen LogP contribution in [0.5, 0.6) is 0 Å². The standard InChI is InChI=1S/C19H10Cl2INO/c20-17-7-3-13(10-18(17)21)19-8-6-16(24-19)9-14(11-23)12-1-4-15(22)5-2-12/h1-10H/b14-9-. The van der Waals surface area contributed by atoms with Crippen molar-refractivity contribution in [3.8, 4) is 17.4 Å². The predicted molar refractivity (Wildman–Crippen MR) is 107 cm³/mol. The van der Waals surface area contributed by atoms with Gasteiger partial charge in [0.1, 0.15) is 11.5 Å². The lowest BCUT2D eigenvalue weighted by Gasteiger charge is -2.00. The van der Waals surface area contributed by atoms with E-state index < -0.39 is 0 Å². The number of rotatable bonds is 3. The number of nitrogens with zero attached hydrogens (tertiary/aromatic N) is 1. The Morgan fingerprint density at radius 3 is 2.42 bits per heavy atom. The van der Waals surface area contributed by atoms with E-state index in [0.29, 0.717) is 27.1 Å². The lowest BCUT2D eigenvalue weighted by Crippen LogP contribution is -1.81. The van der Waals surface area contributed by atoms with Crippen molar-refractivity contribution >= 4 is 57.4 Å². The van der Waals surface area contributed by atoms with Crippen LogP contribution in [-0.2, 0) is 0 Å². The Hall–Kier alpha value is -1.74. The molecule has 0 bridgehead atoms. The van der Waals surface area contributed by atoms with Gasteiger partial charge in [-0.05, 0) is 76.7 Å². The molecule has 0 spiro atoms. The van der Waals surface area contributed by atoms with Crippen LogP contribution in [0.1, 0.15) is 11.3 Å². The van der Waals surface area contributed by atoms with Crippen LogP contribution >= 0.6 is 45.8 Å². The van der Waals surface area contributed by atoms with Gasteiger partial charge in [0.2, 0.25) is 0 Å². The Kier molecular flexibility index (Phi) is 5.30. The van der Waals surface area contributed by atoms with E-state index in [1.165, 1.54) is 0 Å². The van der Waals surface area contributed by atoms with Gasteiger partial charge in [0.25, 0.3) is 0 Å². The lowest BCUT2D eigenvalue weighted by molar-refractivity contribution is 0.572. The van der Waals surface area contributed by atoms with Crippen LogP contribution in [0.25, 0.3) is 23.0 Å². The zero-order chi connectivity index (χ0) is 17.1. The molecule has 0 aliphatic carbocycles. The molecule has 0 saturated carbocycles. The molecule has 0 amide bonds. The SMILES string of the molecule is N#C/C(=C/c1ccc(-c2ccc(Cl)c(Cl)c2)o1)c1ccc(I)cc1. The molecule has 0 atom stereocenters. The summed E-state index contributed by atoms with van der Waals surface area (Å²) in [7, 11) is 0. The number of benzene rings is 2. The average Bonchev–Trinajstić information content (AvgIpc) is 3.05. The number of hydrogen-bond donors (Lipinski definition) is 0. The molecule has 0 radical (unpaired) electrons. The third kappa shape index (κ3) is 3.84. The summed E-state index contributed by atoms with van der Waals surface area (Å²) in [6.07, 6.45) is 1.73. The summed E-state index contributed by atoms with van der Waals surface area (Å²) in [4.78, 5) is 0. The highest BCUT2D eigenvalue weighted by Crippen LogP contribution is 2.30. The predicted octanol–water partition coefficient (Wildman–Crippen LogP) is 6.92. The van der Waals surface area contributed by atoms with Crippen molar-refractivity contribution in [3.63, 3.8) is 0 Å². The van der Waals surface area contributed by atoms with Crippen LogP contribution in [0.4, 0.5) is 0 Å². The Morgan fingerprint density at radius 1 is 1.00 bits per heavy atom. The van der Waals surface area contributed by atoms with Crippen LogP contribution < -0.4 is 0 Å². The van der Waals surface area contributed by atoms with Gasteiger partial charge >= 0.3 is 0 Å². The van der Waals surface area contributed by atoms with E-state index >= 15 is 0 Å². The van der Waals surface area contributed by atoms with E-state index in [-0.39, 0.29) is 0 Å². The molecular formula is C19H10Cl2INO. The van der Waals surface area contributed by atoms with Crippen molar-refractivity contribution in [1.82, 2.24) is 0 Å². The maximum Gasteiger partial charge on any atom is 0.134 e. The molecule has 3 aromatic rings. The molecule has 2 nitrogen and oxygen atoms in total. The third-order valence-corrected chi connectivity index (χ3v) is 4.85. The summed E-state index contributed by atoms with van der Waals surface area (Å²) in [6.45, 7) is 0. The minimum Gasteiger partial charge on any atom is -0.457 e. The largest absolute Gasteiger partial charge is 0.457 e. The first kappa shape index (κ1) is 17.1. The maximum absolute atomic E-state index is 9.41. The Balaban J connectivity index is 1.93. The van der Waals surface area contributed by atoms with Crippen LogP contribution in [0.2, 0.25) is 10.0 Å². The van der Waals surface area contributed by atoms with Gasteiger partial charge in [0.15, 0.2) is 0 Å². The second kappa shape index (κ2) is 7.43. The Bertz CT molecular complexity index is 952. The van der Waals surface area contributed by atoms with E-state index in [4.69, 9.17) is 27.6 Å². The van der Waals surface area contributed by atoms with Crippen LogP contribution in [0, 0.1) is 14.9 Å². The maximum atomic E-state index is 9.41. The van der Waals surface area contributed by atoms with Gasteiger partial charge in [0.05, 0.1) is 21.7 Å². The summed E-state index contributed by atoms with van der Waals surface area (Å²) >= 11 is 14.2. The molecule has 3 rings (SSSR count). The summed E-state index contributed by atoms with van der Waals surface area (Å²) in [5, 5.41) is 10.4. The highest BCUT2D eigenvalue weighted by Gasteiger charge is 2.08. The molecule has 0 saturated heterocycles. The van der Waals surface area contributed by atoms with Crippen molar-refractivity contribution in [1.29, 1.82) is 5.26 Å². The second-order valence-corrected chi connectivity index (χ2v) is 7.07. The van der Waals surface area contributed by atoms with Gasteiger partial charge in [0, 0.05) is 9.13 Å². The number of allylic oxidation sites excluding steroid dienone is 1. The molecule has 5 heteroatoms. The van der Waals surface area contributed by atoms with E-state index in [1.807, 2.05) is 42.5 Å². The number of furan rings is 1. The zero-order valence-corrected chi connectivity index (χ0v) is 15.9. The van der Waals surface area contributed by atoms with Gasteiger partial charge in [-0.1, -0.05) is 35.3 Å². The number of halogens is 3. The molecule has 1 heterocycles. The summed E-state index contributed by atoms with van der Waals surface area (Å²) in [5.74, 6) is 1.27. The molecule has 0 aliphatic rings. The normalized spacial score (nSPS) is 11.3. The first-order valence-corrected chi connectivity index (χ1v) is 8.83. The molecule has 0 aliphatic heterocycles. The molecular weight excluding hydrogens is 456 g/mol. The quantitative estimate of drug-likeness (QED) is 0.311. The fourth-order valence-corrected chi connectivity index (χ4v) is 2.84. The molecule has 1 aromatic heterocycles. The molecule has 0 unspecified atom stereocenters. The first-order chi connectivity index (χ1) is 11.6. The minimum absolute atomic E-state index is 0.472. The van der Waals surface area contributed by atoms with Gasteiger partial charge < -0.3 is 4.42 Å². The highest BCUT2D eigenvalue weighted by molar-refractivity contribution is 14.1. The Labute approximate surface area is 163 Å². The van der Waals surface area contributed by atoms with Crippen molar-refractivity contribution in [2.24, 2.45) is 0 Å². The summed E-state index contributed by atoms with van der Waals surface area (Å²) in [6, 6.07) is 18.9. The second-order valence-electron chi connectivity index (χ2n) is 5.01. The van der Waals surface area contributed by atoms with E-state index in [9.17, 15) is 5.26 Å². The van der Waals surface area contributed by atoms with Crippen molar-refractivity contribution < 1.29 is 4.42 Å². The van der Waals surface area contributed by atoms with Crippen molar-refractivity contribution in [2.45, 2.75) is 0 Å². The molecule has 2 aromatic carbocycles. The van der Waals surface area contributed by atoms with E-state index in [1.54, 1.807) is 18.2 Å². The van der Waals surface area contributed by atoms with Crippen LogP contribution in [0.15, 0.2) is 59.0 Å². The van der Waals surface area contributed by atoms with Crippen LogP contribution in [-0.4, -0.2) is 0 Å². The van der Waals surface area contributed by atoms with Gasteiger partial charge in [-0.2, -0.15) is 5.26 Å². The highest BCUT2D eigenvalue weighted by atomic mass is 127. The molecule has 118 valence electrons. The third-order valence-electron chi connectivity index (χ3n) is 3.39. The average molecular weight is 466 g/mol. The molecule has 24 heavy (non-hydrogen) atoms. The topological polar surface area (TPSA) is 36.9 Å². The van der Waals surface area contributed by atoms with E-state index in [0.717, 1.165) is 14.7 Å². The van der Waals surface area contributed by atoms with Gasteiger partial charge in [-0.3, -0.25) is 0 Å². The molecule has 0 N–H and O–H groups in total. The smallest absolute Gasteiger partial charge is 0.134 e. The minimum atomic E-state index is 0.472. The number of hydrogen-bond acceptors (Lipinski definition) is 2. The fourth-order valence-electron chi connectivity index (χ4n) is 2.19. The van der Waals surface area contributed by atoms with Crippen LogP contribution in [0.3, 0.4) is 0 Å². The monoisotopic (exact) mass is 465 g/mol. The summed E-state index contributed by atoms with van der Waals surface area (Å²) in [5.41, 5.74) is 2.23. The van der Waals surface area contributed by atoms with E-state index in [2.05, 4.69) is 28.7 Å². The molecule has 0 fully saturated rings. The lowest BCUT2D eigenvalue weighted by atomic mass is 10.1.